The van der Waals surface area contributed by atoms with E-state index in [0.29, 0.717) is 11.4 Å². The van der Waals surface area contributed by atoms with Crippen LogP contribution in [0.3, 0.4) is 0 Å². The first-order valence-corrected chi connectivity index (χ1v) is 6.79. The molecule has 0 aliphatic carbocycles. The number of nitrogens with one attached hydrogen (secondary N) is 1. The van der Waals surface area contributed by atoms with Crippen LogP contribution in [0, 0.1) is 0 Å². The second-order valence-electron chi connectivity index (χ2n) is 3.78. The third-order valence-electron chi connectivity index (χ3n) is 2.35. The maximum atomic E-state index is 11.5. The van der Waals surface area contributed by atoms with Gasteiger partial charge in [0.15, 0.2) is 0 Å². The lowest BCUT2D eigenvalue weighted by Crippen LogP contribution is -2.25. The molecule has 0 fully saturated rings. The molecule has 1 heterocycles. The number of aromatic nitrogens is 2. The minimum Gasteiger partial charge on any atom is -0.395 e. The van der Waals surface area contributed by atoms with E-state index in [0.717, 1.165) is 30.1 Å². The van der Waals surface area contributed by atoms with Crippen LogP contribution in [0.1, 0.15) is 26.0 Å². The van der Waals surface area contributed by atoms with E-state index in [4.69, 9.17) is 5.73 Å². The SMILES string of the molecule is CCCNC(=O)CSc1c(N)c(CC)nn1C. The molecule has 0 radical (unpaired) electrons. The van der Waals surface area contributed by atoms with Gasteiger partial charge in [0.25, 0.3) is 0 Å². The second kappa shape index (κ2) is 6.54. The number of nitrogens with zero attached hydrogens (tertiary/aromatic N) is 2. The Bertz CT molecular complexity index is 389. The van der Waals surface area contributed by atoms with Crippen LogP contribution in [-0.4, -0.2) is 28.0 Å². The van der Waals surface area contributed by atoms with Crippen LogP contribution in [0.5, 0.6) is 0 Å². The zero-order valence-electron chi connectivity index (χ0n) is 10.6. The molecule has 1 amide bonds. The standard InChI is InChI=1S/C11H20N4OS/c1-4-6-13-9(16)7-17-11-10(12)8(5-2)14-15(11)3/h4-7,12H2,1-3H3,(H,13,16). The molecule has 0 spiro atoms. The monoisotopic (exact) mass is 256 g/mol. The van der Waals surface area contributed by atoms with Crippen molar-refractivity contribution in [3.05, 3.63) is 5.69 Å². The van der Waals surface area contributed by atoms with E-state index < -0.39 is 0 Å². The highest BCUT2D eigenvalue weighted by atomic mass is 32.2. The Morgan fingerprint density at radius 2 is 2.24 bits per heavy atom. The number of anilines is 1. The van der Waals surface area contributed by atoms with Crippen LogP contribution in [0.2, 0.25) is 0 Å². The van der Waals surface area contributed by atoms with E-state index in [1.54, 1.807) is 4.68 Å². The summed E-state index contributed by atoms with van der Waals surface area (Å²) in [5.74, 6) is 0.419. The van der Waals surface area contributed by atoms with Gasteiger partial charge in [0.1, 0.15) is 5.03 Å². The molecule has 0 aromatic carbocycles. The molecule has 1 aromatic heterocycles. The molecule has 0 unspecified atom stereocenters. The maximum absolute atomic E-state index is 11.5. The molecular weight excluding hydrogens is 236 g/mol. The summed E-state index contributed by atoms with van der Waals surface area (Å²) in [7, 11) is 1.85. The van der Waals surface area contributed by atoms with Crippen LogP contribution >= 0.6 is 11.8 Å². The minimum atomic E-state index is 0.0375. The number of aryl methyl sites for hydroxylation is 2. The van der Waals surface area contributed by atoms with E-state index in [2.05, 4.69) is 10.4 Å². The van der Waals surface area contributed by atoms with Gasteiger partial charge < -0.3 is 11.1 Å². The zero-order chi connectivity index (χ0) is 12.8. The molecule has 96 valence electrons. The van der Waals surface area contributed by atoms with Gasteiger partial charge in [-0.05, 0) is 12.8 Å². The molecule has 0 saturated heterocycles. The van der Waals surface area contributed by atoms with Crippen molar-refractivity contribution in [2.75, 3.05) is 18.0 Å². The molecule has 3 N–H and O–H groups in total. The van der Waals surface area contributed by atoms with Gasteiger partial charge in [-0.15, -0.1) is 0 Å². The van der Waals surface area contributed by atoms with Crippen molar-refractivity contribution in [3.63, 3.8) is 0 Å². The first-order chi connectivity index (χ1) is 8.10. The summed E-state index contributed by atoms with van der Waals surface area (Å²) >= 11 is 1.43. The number of carbonyl (C=O) groups is 1. The van der Waals surface area contributed by atoms with Gasteiger partial charge in [0.2, 0.25) is 5.91 Å². The fourth-order valence-corrected chi connectivity index (χ4v) is 2.33. The van der Waals surface area contributed by atoms with Gasteiger partial charge >= 0.3 is 0 Å². The van der Waals surface area contributed by atoms with Crippen LogP contribution in [0.25, 0.3) is 0 Å². The highest BCUT2D eigenvalue weighted by Gasteiger charge is 2.13. The van der Waals surface area contributed by atoms with Crippen molar-refractivity contribution in [2.45, 2.75) is 31.7 Å². The lowest BCUT2D eigenvalue weighted by Gasteiger charge is -2.04. The number of rotatable bonds is 6. The average Bonchev–Trinajstić information content (AvgIpc) is 2.59. The number of hydrogen-bond acceptors (Lipinski definition) is 4. The van der Waals surface area contributed by atoms with Crippen molar-refractivity contribution in [2.24, 2.45) is 7.05 Å². The third-order valence-corrected chi connectivity index (χ3v) is 3.52. The van der Waals surface area contributed by atoms with Gasteiger partial charge in [0.05, 0.1) is 17.1 Å². The van der Waals surface area contributed by atoms with Crippen molar-refractivity contribution < 1.29 is 4.79 Å². The summed E-state index contributed by atoms with van der Waals surface area (Å²) in [4.78, 5) is 11.5. The second-order valence-corrected chi connectivity index (χ2v) is 4.75. The zero-order valence-corrected chi connectivity index (χ0v) is 11.4. The Balaban J connectivity index is 2.57. The Hall–Kier alpha value is -1.17. The number of hydrogen-bond donors (Lipinski definition) is 2. The molecule has 0 aliphatic rings. The Labute approximate surface area is 106 Å². The summed E-state index contributed by atoms with van der Waals surface area (Å²) in [6.45, 7) is 4.77. The van der Waals surface area contributed by atoms with Crippen LogP contribution < -0.4 is 11.1 Å². The summed E-state index contributed by atoms with van der Waals surface area (Å²) in [5.41, 5.74) is 7.56. The summed E-state index contributed by atoms with van der Waals surface area (Å²) in [6.07, 6.45) is 1.76. The Morgan fingerprint density at radius 1 is 1.53 bits per heavy atom. The molecule has 1 rings (SSSR count). The van der Waals surface area contributed by atoms with Crippen LogP contribution in [0.4, 0.5) is 5.69 Å². The molecule has 1 aromatic rings. The normalized spacial score (nSPS) is 10.5. The molecule has 0 atom stereocenters. The van der Waals surface area contributed by atoms with E-state index >= 15 is 0 Å². The number of amides is 1. The minimum absolute atomic E-state index is 0.0375. The van der Waals surface area contributed by atoms with Gasteiger partial charge in [0, 0.05) is 13.6 Å². The molecule has 17 heavy (non-hydrogen) atoms. The molecule has 0 saturated carbocycles. The predicted octanol–water partition coefficient (Wildman–Crippen LogP) is 1.18. The summed E-state index contributed by atoms with van der Waals surface area (Å²) in [5, 5.41) is 8.01. The third kappa shape index (κ3) is 3.66. The fraction of sp³-hybridized carbons (Fsp3) is 0.636. The van der Waals surface area contributed by atoms with E-state index in [1.807, 2.05) is 20.9 Å². The Morgan fingerprint density at radius 3 is 2.76 bits per heavy atom. The van der Waals surface area contributed by atoms with E-state index in [1.165, 1.54) is 11.8 Å². The highest BCUT2D eigenvalue weighted by Crippen LogP contribution is 2.27. The van der Waals surface area contributed by atoms with Gasteiger partial charge in [-0.1, -0.05) is 25.6 Å². The number of nitrogens with two attached hydrogens (primary N) is 1. The predicted molar refractivity (Wildman–Crippen MR) is 71.0 cm³/mol. The topological polar surface area (TPSA) is 72.9 Å². The summed E-state index contributed by atoms with van der Waals surface area (Å²) < 4.78 is 1.74. The Kier molecular flexibility index (Phi) is 5.34. The van der Waals surface area contributed by atoms with E-state index in [9.17, 15) is 4.79 Å². The largest absolute Gasteiger partial charge is 0.395 e. The van der Waals surface area contributed by atoms with Crippen LogP contribution in [-0.2, 0) is 18.3 Å². The first-order valence-electron chi connectivity index (χ1n) is 5.80. The highest BCUT2D eigenvalue weighted by molar-refractivity contribution is 8.00. The number of carbonyl (C=O) groups excluding carboxylic acids is 1. The average molecular weight is 256 g/mol. The number of thioether (sulfide) groups is 1. The molecule has 0 bridgehead atoms. The summed E-state index contributed by atoms with van der Waals surface area (Å²) in [6, 6.07) is 0. The lowest BCUT2D eigenvalue weighted by atomic mass is 10.3. The molecule has 6 heteroatoms. The fourth-order valence-electron chi connectivity index (χ4n) is 1.46. The number of nitrogen functional groups attached to an aromatic ring is 1. The first kappa shape index (κ1) is 13.9. The van der Waals surface area contributed by atoms with Crippen molar-refractivity contribution in [1.82, 2.24) is 15.1 Å². The van der Waals surface area contributed by atoms with Gasteiger partial charge in [-0.2, -0.15) is 5.10 Å². The van der Waals surface area contributed by atoms with Gasteiger partial charge in [-0.25, -0.2) is 0 Å². The lowest BCUT2D eigenvalue weighted by molar-refractivity contribution is -0.118. The van der Waals surface area contributed by atoms with Crippen molar-refractivity contribution in [3.8, 4) is 0 Å². The molecular formula is C11H20N4OS. The quantitative estimate of drug-likeness (QED) is 0.750. The molecule has 5 nitrogen and oxygen atoms in total. The smallest absolute Gasteiger partial charge is 0.230 e. The van der Waals surface area contributed by atoms with Crippen LogP contribution in [0.15, 0.2) is 5.03 Å². The van der Waals surface area contributed by atoms with Crippen molar-refractivity contribution >= 4 is 23.4 Å². The molecule has 0 aliphatic heterocycles. The van der Waals surface area contributed by atoms with Crippen molar-refractivity contribution in [1.29, 1.82) is 0 Å². The van der Waals surface area contributed by atoms with E-state index in [-0.39, 0.29) is 5.91 Å². The van der Waals surface area contributed by atoms with Gasteiger partial charge in [-0.3, -0.25) is 9.48 Å². The maximum Gasteiger partial charge on any atom is 0.230 e.